The van der Waals surface area contributed by atoms with Gasteiger partial charge in [0.05, 0.1) is 0 Å². The standard InChI is InChI=1S/C25H41N/c1-6-11-22(7-2)19-26(5)17-16-20(3)24-14-15-25(21(4)18-24)23-12-9-8-10-13-23/h14-16,18,22-23H,6-13,17,19H2,1-5H3/b20-16-. The maximum atomic E-state index is 2.48. The molecule has 1 aromatic rings. The predicted molar refractivity (Wildman–Crippen MR) is 117 cm³/mol. The molecule has 0 spiro atoms. The molecule has 0 aromatic heterocycles. The van der Waals surface area contributed by atoms with Crippen LogP contribution >= 0.6 is 0 Å². The van der Waals surface area contributed by atoms with Crippen LogP contribution in [-0.2, 0) is 0 Å². The van der Waals surface area contributed by atoms with Gasteiger partial charge in [-0.3, -0.25) is 0 Å². The molecule has 1 atom stereocenters. The molecule has 1 aromatic carbocycles. The van der Waals surface area contributed by atoms with E-state index in [2.05, 4.69) is 63.9 Å². The third kappa shape index (κ3) is 6.27. The topological polar surface area (TPSA) is 3.24 Å². The summed E-state index contributed by atoms with van der Waals surface area (Å²) in [4.78, 5) is 2.48. The van der Waals surface area contributed by atoms with Gasteiger partial charge in [-0.05, 0) is 74.3 Å². The van der Waals surface area contributed by atoms with E-state index < -0.39 is 0 Å². The number of allylic oxidation sites excluding steroid dienone is 1. The molecule has 146 valence electrons. The van der Waals surface area contributed by atoms with Crippen LogP contribution in [0.2, 0.25) is 0 Å². The van der Waals surface area contributed by atoms with Crippen molar-refractivity contribution in [2.45, 2.75) is 85.0 Å². The summed E-state index contributed by atoms with van der Waals surface area (Å²) in [5, 5.41) is 0. The Morgan fingerprint density at radius 2 is 1.92 bits per heavy atom. The number of hydrogen-bond acceptors (Lipinski definition) is 1. The van der Waals surface area contributed by atoms with Gasteiger partial charge in [-0.25, -0.2) is 0 Å². The predicted octanol–water partition coefficient (Wildman–Crippen LogP) is 7.20. The molecule has 26 heavy (non-hydrogen) atoms. The van der Waals surface area contributed by atoms with Crippen LogP contribution in [0.4, 0.5) is 0 Å². The van der Waals surface area contributed by atoms with Crippen molar-refractivity contribution in [2.24, 2.45) is 5.92 Å². The van der Waals surface area contributed by atoms with E-state index in [-0.39, 0.29) is 0 Å². The quantitative estimate of drug-likeness (QED) is 0.452. The van der Waals surface area contributed by atoms with E-state index in [4.69, 9.17) is 0 Å². The second kappa shape index (κ2) is 10.9. The third-order valence-electron chi connectivity index (χ3n) is 6.32. The Bertz CT molecular complexity index is 566. The first kappa shape index (κ1) is 21.2. The Hall–Kier alpha value is -1.08. The molecular formula is C25H41N. The minimum Gasteiger partial charge on any atom is -0.302 e. The fourth-order valence-corrected chi connectivity index (χ4v) is 4.55. The highest BCUT2D eigenvalue weighted by molar-refractivity contribution is 5.65. The fraction of sp³-hybridized carbons (Fsp3) is 0.680. The van der Waals surface area contributed by atoms with Gasteiger partial charge in [0.15, 0.2) is 0 Å². The highest BCUT2D eigenvalue weighted by Gasteiger charge is 2.17. The largest absolute Gasteiger partial charge is 0.302 e. The van der Waals surface area contributed by atoms with Crippen molar-refractivity contribution in [3.8, 4) is 0 Å². The summed E-state index contributed by atoms with van der Waals surface area (Å²) in [5.74, 6) is 1.65. The van der Waals surface area contributed by atoms with Gasteiger partial charge < -0.3 is 4.90 Å². The molecule has 1 nitrogen and oxygen atoms in total. The molecule has 1 unspecified atom stereocenters. The van der Waals surface area contributed by atoms with Crippen molar-refractivity contribution in [1.82, 2.24) is 4.90 Å². The highest BCUT2D eigenvalue weighted by atomic mass is 15.1. The van der Waals surface area contributed by atoms with E-state index >= 15 is 0 Å². The van der Waals surface area contributed by atoms with Crippen molar-refractivity contribution >= 4 is 5.57 Å². The molecule has 1 aliphatic carbocycles. The maximum absolute atomic E-state index is 2.48. The van der Waals surface area contributed by atoms with Gasteiger partial charge in [-0.15, -0.1) is 0 Å². The van der Waals surface area contributed by atoms with Crippen LogP contribution in [0.15, 0.2) is 24.3 Å². The third-order valence-corrected chi connectivity index (χ3v) is 6.32. The molecule has 1 saturated carbocycles. The Balaban J connectivity index is 1.96. The monoisotopic (exact) mass is 355 g/mol. The smallest absolute Gasteiger partial charge is 0.0166 e. The highest BCUT2D eigenvalue weighted by Crippen LogP contribution is 2.35. The first-order valence-electron chi connectivity index (χ1n) is 11.0. The molecule has 0 radical (unpaired) electrons. The number of benzene rings is 1. The van der Waals surface area contributed by atoms with E-state index in [1.54, 1.807) is 5.56 Å². The van der Waals surface area contributed by atoms with Crippen LogP contribution in [0.25, 0.3) is 5.57 Å². The molecule has 1 fully saturated rings. The minimum atomic E-state index is 0.803. The van der Waals surface area contributed by atoms with Crippen LogP contribution < -0.4 is 0 Å². The summed E-state index contributed by atoms with van der Waals surface area (Å²) in [6, 6.07) is 7.19. The first-order chi connectivity index (χ1) is 12.5. The van der Waals surface area contributed by atoms with Crippen molar-refractivity contribution in [2.75, 3.05) is 20.1 Å². The van der Waals surface area contributed by atoms with Gasteiger partial charge in [-0.1, -0.05) is 70.2 Å². The minimum absolute atomic E-state index is 0.803. The van der Waals surface area contributed by atoms with E-state index in [0.717, 1.165) is 18.4 Å². The van der Waals surface area contributed by atoms with E-state index in [9.17, 15) is 0 Å². The van der Waals surface area contributed by atoms with Crippen LogP contribution in [-0.4, -0.2) is 25.0 Å². The molecule has 0 aliphatic heterocycles. The Morgan fingerprint density at radius 3 is 2.54 bits per heavy atom. The van der Waals surface area contributed by atoms with Gasteiger partial charge in [0.1, 0.15) is 0 Å². The number of rotatable bonds is 9. The molecular weight excluding hydrogens is 314 g/mol. The summed E-state index contributed by atoms with van der Waals surface area (Å²) in [6.07, 6.45) is 13.4. The molecule has 0 saturated heterocycles. The number of aryl methyl sites for hydroxylation is 1. The number of hydrogen-bond donors (Lipinski definition) is 0. The van der Waals surface area contributed by atoms with Gasteiger partial charge in [-0.2, -0.15) is 0 Å². The van der Waals surface area contributed by atoms with Gasteiger partial charge >= 0.3 is 0 Å². The zero-order valence-corrected chi connectivity index (χ0v) is 18.0. The summed E-state index contributed by atoms with van der Waals surface area (Å²) in [7, 11) is 2.26. The lowest BCUT2D eigenvalue weighted by molar-refractivity contribution is 0.282. The lowest BCUT2D eigenvalue weighted by Gasteiger charge is -2.24. The van der Waals surface area contributed by atoms with Crippen molar-refractivity contribution in [3.05, 3.63) is 41.0 Å². The molecule has 2 rings (SSSR count). The van der Waals surface area contributed by atoms with Gasteiger partial charge in [0, 0.05) is 13.1 Å². The van der Waals surface area contributed by atoms with Gasteiger partial charge in [0.2, 0.25) is 0 Å². The zero-order chi connectivity index (χ0) is 18.9. The Labute approximate surface area is 162 Å². The Morgan fingerprint density at radius 1 is 1.19 bits per heavy atom. The van der Waals surface area contributed by atoms with E-state index in [1.165, 1.54) is 74.6 Å². The maximum Gasteiger partial charge on any atom is 0.0166 e. The van der Waals surface area contributed by atoms with E-state index in [0.29, 0.717) is 0 Å². The lowest BCUT2D eigenvalue weighted by atomic mass is 9.81. The van der Waals surface area contributed by atoms with Gasteiger partial charge in [0.25, 0.3) is 0 Å². The Kier molecular flexibility index (Phi) is 8.91. The first-order valence-corrected chi connectivity index (χ1v) is 11.0. The molecule has 1 aliphatic rings. The number of likely N-dealkylation sites (N-methyl/N-ethyl adjacent to an activating group) is 1. The normalized spacial score (nSPS) is 17.7. The second-order valence-corrected chi connectivity index (χ2v) is 8.58. The van der Waals surface area contributed by atoms with Crippen molar-refractivity contribution < 1.29 is 0 Å². The van der Waals surface area contributed by atoms with Crippen LogP contribution in [0.3, 0.4) is 0 Å². The van der Waals surface area contributed by atoms with Crippen LogP contribution in [0, 0.1) is 12.8 Å². The molecule has 0 heterocycles. The zero-order valence-electron chi connectivity index (χ0n) is 18.0. The fourth-order valence-electron chi connectivity index (χ4n) is 4.55. The molecule has 0 N–H and O–H groups in total. The molecule has 1 heteroatoms. The summed E-state index contributed by atoms with van der Waals surface area (Å²) >= 11 is 0. The van der Waals surface area contributed by atoms with Crippen molar-refractivity contribution in [3.63, 3.8) is 0 Å². The summed E-state index contributed by atoms with van der Waals surface area (Å²) in [5.41, 5.74) is 5.91. The molecule has 0 amide bonds. The average molecular weight is 356 g/mol. The van der Waals surface area contributed by atoms with Crippen LogP contribution in [0.1, 0.15) is 94.7 Å². The van der Waals surface area contributed by atoms with Crippen molar-refractivity contribution in [1.29, 1.82) is 0 Å². The summed E-state index contributed by atoms with van der Waals surface area (Å²) < 4.78 is 0. The average Bonchev–Trinajstić information content (AvgIpc) is 2.66. The SMILES string of the molecule is CCCC(CC)CN(C)C/C=C(/C)c1ccc(C2CCCCC2)c(C)c1. The van der Waals surface area contributed by atoms with Crippen LogP contribution in [0.5, 0.6) is 0 Å². The summed E-state index contributed by atoms with van der Waals surface area (Å²) in [6.45, 7) is 11.5. The number of nitrogens with zero attached hydrogens (tertiary/aromatic N) is 1. The molecule has 0 bridgehead atoms. The second-order valence-electron chi connectivity index (χ2n) is 8.58. The lowest BCUT2D eigenvalue weighted by Crippen LogP contribution is -2.25. The van der Waals surface area contributed by atoms with E-state index in [1.807, 2.05) is 0 Å².